The third-order valence-electron chi connectivity index (χ3n) is 27.3. The van der Waals surface area contributed by atoms with Crippen LogP contribution in [0.25, 0.3) is 89.7 Å². The molecule has 0 radical (unpaired) electrons. The molecule has 30 heteroatoms. The minimum atomic E-state index is -0.358. The van der Waals surface area contributed by atoms with Crippen molar-refractivity contribution in [2.75, 3.05) is 26.6 Å². The van der Waals surface area contributed by atoms with Gasteiger partial charge in [-0.15, -0.1) is 0 Å². The van der Waals surface area contributed by atoms with Crippen LogP contribution in [0.2, 0.25) is 0 Å². The summed E-state index contributed by atoms with van der Waals surface area (Å²) in [6.07, 6.45) is 22.2. The van der Waals surface area contributed by atoms with E-state index in [1.165, 1.54) is 56.4 Å². The van der Waals surface area contributed by atoms with Crippen LogP contribution >= 0.6 is 0 Å². The number of carbonyl (C=O) groups excluding carboxylic acids is 9. The van der Waals surface area contributed by atoms with Gasteiger partial charge < -0.3 is 62.5 Å². The van der Waals surface area contributed by atoms with Crippen LogP contribution in [0.15, 0.2) is 292 Å². The van der Waals surface area contributed by atoms with E-state index in [2.05, 4.69) is 109 Å². The van der Waals surface area contributed by atoms with Crippen molar-refractivity contribution in [1.82, 2.24) is 75.8 Å². The van der Waals surface area contributed by atoms with Gasteiger partial charge in [-0.25, -0.2) is 39.3 Å². The lowest BCUT2D eigenvalue weighted by Gasteiger charge is -2.55. The first-order chi connectivity index (χ1) is 68.2. The van der Waals surface area contributed by atoms with Crippen molar-refractivity contribution < 1.29 is 47.5 Å². The number of imidazole rings is 4. The van der Waals surface area contributed by atoms with Gasteiger partial charge in [-0.1, -0.05) is 92.9 Å². The molecule has 7 unspecified atom stereocenters. The van der Waals surface area contributed by atoms with E-state index in [0.29, 0.717) is 126 Å². The third-order valence-corrected chi connectivity index (χ3v) is 27.3. The van der Waals surface area contributed by atoms with Gasteiger partial charge in [-0.3, -0.25) is 48.1 Å². The number of H-pyrrole nitrogens is 4. The fraction of sp³-hybridized carbons (Fsp3) is 0.209. The summed E-state index contributed by atoms with van der Waals surface area (Å²) in [6, 6.07) is 76.2. The number of carbonyl (C=O) groups is 9. The minimum absolute atomic E-state index is 0.0180. The zero-order valence-electron chi connectivity index (χ0n) is 76.2. The number of halogens is 1. The number of anilines is 5. The van der Waals surface area contributed by atoms with Crippen molar-refractivity contribution in [3.63, 3.8) is 0 Å². The molecule has 0 spiro atoms. The molecule has 0 aliphatic heterocycles. The highest BCUT2D eigenvalue weighted by Crippen LogP contribution is 2.54. The monoisotopic (exact) mass is 1860 g/mol. The second-order valence-electron chi connectivity index (χ2n) is 36.8. The van der Waals surface area contributed by atoms with Crippen LogP contribution < -0.4 is 42.5 Å². The lowest BCUT2D eigenvalue weighted by molar-refractivity contribution is -0.142. The summed E-state index contributed by atoms with van der Waals surface area (Å²) in [7, 11) is 0. The van der Waals surface area contributed by atoms with E-state index in [1.807, 2.05) is 103 Å². The highest BCUT2D eigenvalue weighted by Gasteiger charge is 2.56. The highest BCUT2D eigenvalue weighted by atomic mass is 19.1. The number of nitrogens with zero attached hydrogens (tertiary/aromatic N) is 8. The van der Waals surface area contributed by atoms with E-state index < -0.39 is 0 Å². The lowest BCUT2D eigenvalue weighted by Crippen LogP contribution is -2.62. The predicted octanol–water partition coefficient (Wildman–Crippen LogP) is 20.0. The molecule has 6 bridgehead atoms. The van der Waals surface area contributed by atoms with E-state index in [4.69, 9.17) is 0 Å². The molecule has 24 rings (SSSR count). The zero-order chi connectivity index (χ0) is 95.9. The van der Waals surface area contributed by atoms with Crippen LogP contribution in [0.3, 0.4) is 0 Å². The number of nitrogens with one attached hydrogen (secondary N) is 12. The molecule has 12 N–H and O–H groups in total. The van der Waals surface area contributed by atoms with Gasteiger partial charge in [0, 0.05) is 127 Å². The number of hydrogen-bond acceptors (Lipinski definition) is 17. The zero-order valence-corrected chi connectivity index (χ0v) is 76.2. The van der Waals surface area contributed by atoms with Gasteiger partial charge in [0.1, 0.15) is 52.4 Å². The fourth-order valence-corrected chi connectivity index (χ4v) is 20.2. The van der Waals surface area contributed by atoms with Crippen molar-refractivity contribution in [1.29, 1.82) is 0 Å². The average Bonchev–Trinajstić information content (AvgIpc) is 1.09. The molecule has 140 heavy (non-hydrogen) atoms. The molecule has 0 saturated heterocycles. The molecule has 8 amide bonds. The van der Waals surface area contributed by atoms with Crippen molar-refractivity contribution in [3.8, 4) is 45.6 Å². The lowest BCUT2D eigenvalue weighted by atomic mass is 9.52. The molecule has 9 aromatic carbocycles. The molecule has 8 heterocycles. The van der Waals surface area contributed by atoms with Gasteiger partial charge in [-0.05, 0) is 282 Å². The Morgan fingerprint density at radius 3 is 1.13 bits per heavy atom. The molecule has 29 nitrogen and oxygen atoms in total. The van der Waals surface area contributed by atoms with Crippen molar-refractivity contribution in [3.05, 3.63) is 342 Å². The molecule has 7 aliphatic rings. The Hall–Kier alpha value is -17.2. The maximum atomic E-state index is 13.2. The largest absolute Gasteiger partial charge is 0.349 e. The van der Waals surface area contributed by atoms with E-state index in [9.17, 15) is 47.5 Å². The number of fused-ring (bicyclic) bond motifs is 6. The van der Waals surface area contributed by atoms with Crippen molar-refractivity contribution in [2.45, 2.75) is 108 Å². The van der Waals surface area contributed by atoms with Gasteiger partial charge in [0.05, 0.1) is 56.0 Å². The summed E-state index contributed by atoms with van der Waals surface area (Å²) < 4.78 is 13.1. The molecular formula is C110H97FN20O9. The number of amides is 8. The SMILES string of the molecule is CC1CCCCC1NC(=O)c1ccc2nc(-c3ccc(C(=O)Nc4ccccn4)cc3)[nH]c2c1.O=C(Nc1ccc(F)cc1)c1ccc2nc(-c3ccc(C(=O)NC4CC5CCC4C5)cc3)[nH]c2c1.O=C(Nc1ccccn1)c1ccc2nc(-c3ccc(C(=O)NC45CC6CC(C4)C(=O)C(C6)C5)cc3)[nH]c2c1.O=C(Nc1cccnc1)c1ccc2nc(-c3ccc(C(=O)Nc4ccccn4)cc3)[nH]c2c1. The topological polar surface area (TPSA) is 416 Å². The number of pyridine rings is 4. The number of aromatic amines is 4. The molecule has 7 fully saturated rings. The standard InChI is InChI=1S/C30H27N5O3.C28H25FN4O2.C27H27N5O2.C25H18N6O2/c36-26-21-11-17-12-22(26)16-30(14-17,15-21)35-29(38)19-6-4-18(5-7-19)27-32-23-9-8-20(13-24(23)33-27)28(37)34-25-3-1-2-10-31-25;29-21-8-10-22(11-9-21)30-28(35)20-7-12-23-25(15-20)32-26(31-23)17-3-5-18(6-4-17)27(34)33-24-14-16-1-2-19(24)13-16;1-17-6-2-3-7-21(17)31-27(34)20-13-14-22-23(16-20)30-25(29-22)18-9-11-19(12-10-18)26(33)32-24-8-4-5-15-28-24;32-24(31-22-5-1-2-13-27-22)17-8-6-16(7-9-17)23-29-20-11-10-18(14-21(20)30-23)25(33)28-19-4-3-12-26-15-19/h1-10,13,17,21-22H,11-12,14-16H2,(H,32,33)(H,35,38)(H,31,34,37);3-12,15-16,19,24H,1-2,13-14H2,(H,30,35)(H,31,32)(H,33,34);4-5,8-17,21H,2-3,6-7H2,1H3,(H,29,30)(H,31,34)(H,28,32,33);1-15H,(H,28,33)(H,29,30)(H,27,31,32). The number of ketones is 1. The Balaban J connectivity index is 0.000000115. The summed E-state index contributed by atoms with van der Waals surface area (Å²) in [4.78, 5) is 162. The summed E-state index contributed by atoms with van der Waals surface area (Å²) in [5.74, 6) is 5.56. The van der Waals surface area contributed by atoms with Gasteiger partial charge >= 0.3 is 0 Å². The first-order valence-electron chi connectivity index (χ1n) is 47.0. The van der Waals surface area contributed by atoms with E-state index in [0.717, 1.165) is 124 Å². The molecule has 698 valence electrons. The van der Waals surface area contributed by atoms with Crippen LogP contribution in [0, 0.1) is 41.3 Å². The fourth-order valence-electron chi connectivity index (χ4n) is 20.2. The molecule has 7 atom stereocenters. The molecule has 7 saturated carbocycles. The predicted molar refractivity (Wildman–Crippen MR) is 534 cm³/mol. The van der Waals surface area contributed by atoms with Gasteiger partial charge in [0.25, 0.3) is 47.3 Å². The Labute approximate surface area is 802 Å². The minimum Gasteiger partial charge on any atom is -0.349 e. The third kappa shape index (κ3) is 20.8. The van der Waals surface area contributed by atoms with E-state index in [-0.39, 0.29) is 76.5 Å². The normalized spacial score (nSPS) is 19.0. The van der Waals surface area contributed by atoms with Crippen LogP contribution in [0.5, 0.6) is 0 Å². The van der Waals surface area contributed by atoms with Crippen LogP contribution in [0.1, 0.15) is 173 Å². The maximum absolute atomic E-state index is 13.2. The first-order valence-corrected chi connectivity index (χ1v) is 47.0. The van der Waals surface area contributed by atoms with E-state index in [1.54, 1.807) is 164 Å². The number of hydrogen-bond donors (Lipinski definition) is 12. The van der Waals surface area contributed by atoms with Crippen molar-refractivity contribution in [2.24, 2.45) is 35.5 Å². The number of benzene rings is 9. The smallest absolute Gasteiger partial charge is 0.256 e. The van der Waals surface area contributed by atoms with Crippen molar-refractivity contribution >= 4 is 126 Å². The van der Waals surface area contributed by atoms with Gasteiger partial charge in [-0.2, -0.15) is 0 Å². The Bertz CT molecular complexity index is 7490. The molecule has 17 aromatic rings. The average molecular weight is 1860 g/mol. The van der Waals surface area contributed by atoms with Crippen LogP contribution in [-0.2, 0) is 4.79 Å². The van der Waals surface area contributed by atoms with Crippen LogP contribution in [-0.4, -0.2) is 130 Å². The maximum Gasteiger partial charge on any atom is 0.256 e. The Morgan fingerprint density at radius 1 is 0.343 bits per heavy atom. The number of rotatable bonds is 20. The summed E-state index contributed by atoms with van der Waals surface area (Å²) in [5, 5.41) is 23.7. The summed E-state index contributed by atoms with van der Waals surface area (Å²) in [6.45, 7) is 2.21. The Kier molecular flexibility index (Phi) is 25.9. The molecule has 8 aromatic heterocycles. The second kappa shape index (κ2) is 40.0. The number of aromatic nitrogens is 12. The van der Waals surface area contributed by atoms with Gasteiger partial charge in [0.2, 0.25) is 0 Å². The molecular weight excluding hydrogens is 1760 g/mol. The number of Topliss-reactive ketones (excluding diaryl/α,β-unsaturated/α-hetero) is 1. The quantitative estimate of drug-likeness (QED) is 0.0337. The van der Waals surface area contributed by atoms with Crippen LogP contribution in [0.4, 0.5) is 33.2 Å². The first kappa shape index (κ1) is 90.6. The van der Waals surface area contributed by atoms with E-state index >= 15 is 0 Å². The molecule has 7 aliphatic carbocycles. The summed E-state index contributed by atoms with van der Waals surface area (Å²) in [5.41, 5.74) is 14.7. The highest BCUT2D eigenvalue weighted by molar-refractivity contribution is 6.09. The second-order valence-corrected chi connectivity index (χ2v) is 36.8. The Morgan fingerprint density at radius 2 is 0.729 bits per heavy atom. The summed E-state index contributed by atoms with van der Waals surface area (Å²) >= 11 is 0. The van der Waals surface area contributed by atoms with Gasteiger partial charge in [0.15, 0.2) is 0 Å².